The van der Waals surface area contributed by atoms with Crippen LogP contribution in [-0.2, 0) is 14.6 Å². The first-order valence-corrected chi connectivity index (χ1v) is 7.59. The molecule has 1 aliphatic carbocycles. The molecule has 1 fully saturated rings. The first-order chi connectivity index (χ1) is 9.22. The van der Waals surface area contributed by atoms with E-state index in [4.69, 9.17) is 14.6 Å². The van der Waals surface area contributed by atoms with E-state index in [2.05, 4.69) is 0 Å². The summed E-state index contributed by atoms with van der Waals surface area (Å²) in [6.45, 7) is 0. The molecule has 19 heavy (non-hydrogen) atoms. The lowest BCUT2D eigenvalue weighted by Crippen LogP contribution is -2.33. The number of hydroxylamine groups is 4. The first-order valence-electron chi connectivity index (χ1n) is 7.59. The summed E-state index contributed by atoms with van der Waals surface area (Å²) in [6.07, 6.45) is 13.2. The van der Waals surface area contributed by atoms with Gasteiger partial charge in [-0.25, -0.2) is 0 Å². The second-order valence-electron chi connectivity index (χ2n) is 5.28. The van der Waals surface area contributed by atoms with Gasteiger partial charge in [-0.3, -0.25) is 9.68 Å². The Bertz CT molecular complexity index is 205. The Morgan fingerprint density at radius 3 is 1.68 bits per heavy atom. The third-order valence-corrected chi connectivity index (χ3v) is 3.59. The standard InChI is InChI=1S/C14H30N2O3/c1-15(17-3)19-16(2)18-14-12-10-8-6-4-5-7-9-11-13-14/h14H,4-13H2,1-3H3. The maximum Gasteiger partial charge on any atom is 0.0820 e. The average molecular weight is 274 g/mol. The molecule has 1 rings (SSSR count). The lowest BCUT2D eigenvalue weighted by molar-refractivity contribution is -0.516. The molecule has 114 valence electrons. The summed E-state index contributed by atoms with van der Waals surface area (Å²) in [4.78, 5) is 16.0. The van der Waals surface area contributed by atoms with Crippen molar-refractivity contribution in [2.75, 3.05) is 21.2 Å². The lowest BCUT2D eigenvalue weighted by Gasteiger charge is -2.25. The maximum absolute atomic E-state index is 5.83. The molecule has 5 nitrogen and oxygen atoms in total. The Kier molecular flexibility index (Phi) is 9.38. The number of nitrogens with zero attached hydrogens (tertiary/aromatic N) is 2. The van der Waals surface area contributed by atoms with Crippen molar-refractivity contribution in [3.8, 4) is 0 Å². The fourth-order valence-electron chi connectivity index (χ4n) is 2.48. The molecule has 0 aromatic rings. The van der Waals surface area contributed by atoms with Crippen LogP contribution in [0.25, 0.3) is 0 Å². The Balaban J connectivity index is 2.29. The Morgan fingerprint density at radius 2 is 1.21 bits per heavy atom. The molecule has 0 aromatic heterocycles. The minimum Gasteiger partial charge on any atom is -0.276 e. The third kappa shape index (κ3) is 8.55. The van der Waals surface area contributed by atoms with Crippen molar-refractivity contribution in [3.63, 3.8) is 0 Å². The SMILES string of the molecule is CON(C)ON(C)OC1CCCCCCCCCC1. The molecule has 0 radical (unpaired) electrons. The summed E-state index contributed by atoms with van der Waals surface area (Å²) in [5, 5.41) is 2.67. The van der Waals surface area contributed by atoms with E-state index < -0.39 is 0 Å². The van der Waals surface area contributed by atoms with Crippen LogP contribution in [0.15, 0.2) is 0 Å². The maximum atomic E-state index is 5.83. The van der Waals surface area contributed by atoms with Gasteiger partial charge in [-0.2, -0.15) is 4.94 Å². The van der Waals surface area contributed by atoms with Gasteiger partial charge in [0, 0.05) is 14.1 Å². The van der Waals surface area contributed by atoms with E-state index in [1.54, 1.807) is 21.2 Å². The van der Waals surface area contributed by atoms with E-state index in [0.717, 1.165) is 12.8 Å². The van der Waals surface area contributed by atoms with E-state index in [1.165, 1.54) is 61.8 Å². The Labute approximate surface area is 117 Å². The van der Waals surface area contributed by atoms with Crippen LogP contribution in [-0.4, -0.2) is 37.8 Å². The fraction of sp³-hybridized carbons (Fsp3) is 1.00. The van der Waals surface area contributed by atoms with Crippen LogP contribution in [0.5, 0.6) is 0 Å². The van der Waals surface area contributed by atoms with Gasteiger partial charge in [0.15, 0.2) is 0 Å². The summed E-state index contributed by atoms with van der Waals surface area (Å²) in [6, 6.07) is 0. The minimum atomic E-state index is 0.258. The average Bonchev–Trinajstić information content (AvgIpc) is 2.44. The predicted molar refractivity (Wildman–Crippen MR) is 74.7 cm³/mol. The van der Waals surface area contributed by atoms with Crippen LogP contribution in [0, 0.1) is 0 Å². The quantitative estimate of drug-likeness (QED) is 0.717. The summed E-state index contributed by atoms with van der Waals surface area (Å²) < 4.78 is 0. The van der Waals surface area contributed by atoms with Crippen LogP contribution < -0.4 is 0 Å². The normalized spacial score (nSPS) is 20.7. The van der Waals surface area contributed by atoms with Gasteiger partial charge in [0.1, 0.15) is 0 Å². The fourth-order valence-corrected chi connectivity index (χ4v) is 2.48. The van der Waals surface area contributed by atoms with Crippen molar-refractivity contribution in [1.82, 2.24) is 10.5 Å². The number of rotatable bonds is 5. The van der Waals surface area contributed by atoms with E-state index in [1.807, 2.05) is 0 Å². The predicted octanol–water partition coefficient (Wildman–Crippen LogP) is 3.47. The van der Waals surface area contributed by atoms with Crippen molar-refractivity contribution in [1.29, 1.82) is 0 Å². The first kappa shape index (κ1) is 16.9. The van der Waals surface area contributed by atoms with Crippen molar-refractivity contribution < 1.29 is 14.6 Å². The second-order valence-corrected chi connectivity index (χ2v) is 5.28. The van der Waals surface area contributed by atoms with Gasteiger partial charge in [-0.1, -0.05) is 51.4 Å². The molecule has 0 saturated heterocycles. The van der Waals surface area contributed by atoms with E-state index in [0.29, 0.717) is 0 Å². The van der Waals surface area contributed by atoms with Crippen LogP contribution in [0.1, 0.15) is 64.2 Å². The van der Waals surface area contributed by atoms with Crippen molar-refractivity contribution >= 4 is 0 Å². The molecule has 0 atom stereocenters. The van der Waals surface area contributed by atoms with Crippen LogP contribution in [0.3, 0.4) is 0 Å². The van der Waals surface area contributed by atoms with Gasteiger partial charge in [0.2, 0.25) is 0 Å². The zero-order chi connectivity index (χ0) is 13.9. The van der Waals surface area contributed by atoms with Crippen molar-refractivity contribution in [3.05, 3.63) is 0 Å². The highest BCUT2D eigenvalue weighted by Crippen LogP contribution is 2.19. The lowest BCUT2D eigenvalue weighted by atomic mass is 10.1. The molecular weight excluding hydrogens is 244 g/mol. The summed E-state index contributed by atoms with van der Waals surface area (Å²) in [5.41, 5.74) is 0. The smallest absolute Gasteiger partial charge is 0.0820 e. The summed E-state index contributed by atoms with van der Waals surface area (Å²) >= 11 is 0. The van der Waals surface area contributed by atoms with Gasteiger partial charge in [-0.15, -0.1) is 0 Å². The van der Waals surface area contributed by atoms with Crippen LogP contribution >= 0.6 is 0 Å². The van der Waals surface area contributed by atoms with Crippen LogP contribution in [0.2, 0.25) is 0 Å². The molecule has 0 N–H and O–H groups in total. The van der Waals surface area contributed by atoms with Gasteiger partial charge in [0.25, 0.3) is 0 Å². The molecule has 1 aliphatic rings. The van der Waals surface area contributed by atoms with E-state index in [-0.39, 0.29) is 6.10 Å². The Hall–Kier alpha value is -0.200. The molecule has 0 spiro atoms. The highest BCUT2D eigenvalue weighted by atomic mass is 17.1. The highest BCUT2D eigenvalue weighted by molar-refractivity contribution is 4.60. The van der Waals surface area contributed by atoms with Gasteiger partial charge >= 0.3 is 0 Å². The summed E-state index contributed by atoms with van der Waals surface area (Å²) in [5.74, 6) is 0. The molecule has 0 heterocycles. The van der Waals surface area contributed by atoms with Gasteiger partial charge < -0.3 is 0 Å². The third-order valence-electron chi connectivity index (χ3n) is 3.59. The van der Waals surface area contributed by atoms with Gasteiger partial charge in [-0.05, 0) is 23.3 Å². The summed E-state index contributed by atoms with van der Waals surface area (Å²) in [7, 11) is 5.01. The van der Waals surface area contributed by atoms with E-state index in [9.17, 15) is 0 Å². The van der Waals surface area contributed by atoms with Gasteiger partial charge in [0.05, 0.1) is 13.2 Å². The van der Waals surface area contributed by atoms with Crippen LogP contribution in [0.4, 0.5) is 0 Å². The molecule has 0 amide bonds. The topological polar surface area (TPSA) is 34.2 Å². The molecule has 0 bridgehead atoms. The molecule has 5 heteroatoms. The molecular formula is C14H30N2O3. The number of hydrogen-bond acceptors (Lipinski definition) is 5. The zero-order valence-corrected chi connectivity index (χ0v) is 12.8. The van der Waals surface area contributed by atoms with Crippen molar-refractivity contribution in [2.45, 2.75) is 70.3 Å². The molecule has 0 aromatic carbocycles. The molecule has 0 unspecified atom stereocenters. The minimum absolute atomic E-state index is 0.258. The zero-order valence-electron chi connectivity index (χ0n) is 12.8. The monoisotopic (exact) mass is 274 g/mol. The van der Waals surface area contributed by atoms with E-state index >= 15 is 0 Å². The van der Waals surface area contributed by atoms with Crippen molar-refractivity contribution in [2.24, 2.45) is 0 Å². The second kappa shape index (κ2) is 10.6. The molecule has 1 saturated carbocycles. The number of hydrogen-bond donors (Lipinski definition) is 0. The largest absolute Gasteiger partial charge is 0.276 e. The highest BCUT2D eigenvalue weighted by Gasteiger charge is 2.15. The Morgan fingerprint density at radius 1 is 0.737 bits per heavy atom. The molecule has 0 aliphatic heterocycles.